The minimum absolute atomic E-state index is 0.0246. The molecular formula is C25H29F3N6O3S. The van der Waals surface area contributed by atoms with E-state index in [4.69, 9.17) is 10.5 Å². The molecule has 0 bridgehead atoms. The minimum atomic E-state index is -3.00. The highest BCUT2D eigenvalue weighted by molar-refractivity contribution is 7.91. The molecule has 1 fully saturated rings. The molecule has 9 nitrogen and oxygen atoms in total. The van der Waals surface area contributed by atoms with Gasteiger partial charge in [0, 0.05) is 42.5 Å². The van der Waals surface area contributed by atoms with Crippen LogP contribution in [0, 0.1) is 12.7 Å². The highest BCUT2D eigenvalue weighted by atomic mass is 32.2. The Balaban J connectivity index is 1.71. The fraction of sp³-hybridized carbons (Fsp3) is 0.400. The van der Waals surface area contributed by atoms with Crippen LogP contribution in [0.3, 0.4) is 0 Å². The predicted octanol–water partition coefficient (Wildman–Crippen LogP) is 3.47. The Morgan fingerprint density at radius 3 is 2.63 bits per heavy atom. The van der Waals surface area contributed by atoms with E-state index < -0.39 is 29.0 Å². The van der Waals surface area contributed by atoms with Crippen molar-refractivity contribution < 1.29 is 27.3 Å². The summed E-state index contributed by atoms with van der Waals surface area (Å²) in [6, 6.07) is 5.60. The quantitative estimate of drug-likeness (QED) is 0.210. The zero-order valence-corrected chi connectivity index (χ0v) is 21.8. The number of amides is 1. The number of anilines is 3. The van der Waals surface area contributed by atoms with Crippen molar-refractivity contribution in [2.45, 2.75) is 19.9 Å². The number of hydrogen-bond acceptors (Lipinski definition) is 8. The van der Waals surface area contributed by atoms with Crippen molar-refractivity contribution in [2.75, 3.05) is 61.2 Å². The number of aryl methyl sites for hydroxylation is 1. The number of nitrogens with two attached hydrogens (primary N) is 1. The summed E-state index contributed by atoms with van der Waals surface area (Å²) in [5.74, 6) is 0.345. The van der Waals surface area contributed by atoms with E-state index >= 15 is 0 Å². The second-order valence-electron chi connectivity index (χ2n) is 8.83. The van der Waals surface area contributed by atoms with Crippen LogP contribution < -0.4 is 16.4 Å². The summed E-state index contributed by atoms with van der Waals surface area (Å²) in [5.41, 5.74) is 6.34. The first-order chi connectivity index (χ1) is 18.2. The van der Waals surface area contributed by atoms with Crippen molar-refractivity contribution in [3.63, 3.8) is 0 Å². The van der Waals surface area contributed by atoms with Gasteiger partial charge in [-0.2, -0.15) is 0 Å². The standard InChI is InChI=1S/C25H29F3N6O3S/c1-14-32-21-12-18(25(35)34-4-7-38(36)8-5-34)20(30-3-6-37-2)11-17(21)24(33-14)31-13-15-9-16(29)10-19(22(15)26)23(27)28/h9-12,23,30H,3-8,13,29H2,1-2H3,(H,31,32,33). The maximum atomic E-state index is 14.7. The molecule has 13 heteroatoms. The number of methoxy groups -OCH3 is 1. The molecule has 3 aromatic rings. The average molecular weight is 551 g/mol. The number of carbonyl (C=O) groups is 1. The van der Waals surface area contributed by atoms with E-state index in [0.717, 1.165) is 6.07 Å². The number of carbonyl (C=O) groups excluding carboxylic acids is 1. The molecule has 4 N–H and O–H groups in total. The van der Waals surface area contributed by atoms with Crippen LogP contribution in [-0.4, -0.2) is 70.2 Å². The lowest BCUT2D eigenvalue weighted by Crippen LogP contribution is -2.43. The molecular weight excluding hydrogens is 521 g/mol. The van der Waals surface area contributed by atoms with Gasteiger partial charge in [-0.3, -0.25) is 4.79 Å². The normalized spacial score (nSPS) is 14.3. The van der Waals surface area contributed by atoms with Crippen LogP contribution in [0.4, 0.5) is 30.4 Å². The van der Waals surface area contributed by atoms with Crippen LogP contribution in [-0.2, 0) is 22.5 Å². The van der Waals surface area contributed by atoms with Crippen LogP contribution >= 0.6 is 0 Å². The van der Waals surface area contributed by atoms with E-state index in [0.29, 0.717) is 71.5 Å². The summed E-state index contributed by atoms with van der Waals surface area (Å²) >= 11 is -0.931. The van der Waals surface area contributed by atoms with Crippen LogP contribution in [0.5, 0.6) is 0 Å². The van der Waals surface area contributed by atoms with Gasteiger partial charge in [0.1, 0.15) is 29.0 Å². The lowest BCUT2D eigenvalue weighted by molar-refractivity contribution is 0.0771. The van der Waals surface area contributed by atoms with Gasteiger partial charge in [0.25, 0.3) is 12.3 Å². The molecule has 204 valence electrons. The van der Waals surface area contributed by atoms with Crippen LogP contribution in [0.1, 0.15) is 33.7 Å². The number of alkyl halides is 2. The van der Waals surface area contributed by atoms with E-state index in [2.05, 4.69) is 20.6 Å². The Labute approximate surface area is 221 Å². The topological polar surface area (TPSA) is 128 Å². The predicted molar refractivity (Wildman–Crippen MR) is 142 cm³/mol. The van der Waals surface area contributed by atoms with Gasteiger partial charge in [0.2, 0.25) is 0 Å². The van der Waals surface area contributed by atoms with E-state index in [1.54, 1.807) is 31.1 Å². The summed E-state index contributed by atoms with van der Waals surface area (Å²) < 4.78 is 58.1. The zero-order chi connectivity index (χ0) is 27.4. The molecule has 0 radical (unpaired) electrons. The fourth-order valence-corrected chi connectivity index (χ4v) is 5.30. The van der Waals surface area contributed by atoms with E-state index in [1.807, 2.05) is 0 Å². The molecule has 0 saturated carbocycles. The molecule has 0 spiro atoms. The first-order valence-corrected chi connectivity index (χ1v) is 13.5. The molecule has 1 aromatic heterocycles. The molecule has 0 aliphatic carbocycles. The third-order valence-corrected chi connectivity index (χ3v) is 7.42. The van der Waals surface area contributed by atoms with Gasteiger partial charge < -0.3 is 30.6 Å². The lowest BCUT2D eigenvalue weighted by atomic mass is 10.1. The second-order valence-corrected chi connectivity index (χ2v) is 10.5. The highest BCUT2D eigenvalue weighted by Crippen LogP contribution is 2.31. The Hall–Kier alpha value is -3.29. The number of ether oxygens (including phenoxy) is 1. The fourth-order valence-electron chi connectivity index (χ4n) is 4.25. The van der Waals surface area contributed by atoms with Crippen molar-refractivity contribution in [1.82, 2.24) is 14.9 Å². The number of benzene rings is 2. The van der Waals surface area contributed by atoms with E-state index in [1.165, 1.54) is 6.07 Å². The number of aromatic nitrogens is 2. The van der Waals surface area contributed by atoms with E-state index in [9.17, 15) is 22.5 Å². The molecule has 0 unspecified atom stereocenters. The van der Waals surface area contributed by atoms with Gasteiger partial charge >= 0.3 is 0 Å². The number of nitrogen functional groups attached to an aromatic ring is 1. The lowest BCUT2D eigenvalue weighted by Gasteiger charge is -2.29. The summed E-state index contributed by atoms with van der Waals surface area (Å²) in [6.07, 6.45) is -3.00. The van der Waals surface area contributed by atoms with Crippen molar-refractivity contribution in [3.05, 3.63) is 52.6 Å². The molecule has 4 rings (SSSR count). The monoisotopic (exact) mass is 550 g/mol. The van der Waals surface area contributed by atoms with Crippen LogP contribution in [0.25, 0.3) is 10.9 Å². The Bertz CT molecular complexity index is 1320. The van der Waals surface area contributed by atoms with Gasteiger partial charge in [-0.1, -0.05) is 11.2 Å². The largest absolute Gasteiger partial charge is 0.616 e. The number of hydrogen-bond donors (Lipinski definition) is 3. The van der Waals surface area contributed by atoms with Gasteiger partial charge in [0.15, 0.2) is 0 Å². The summed E-state index contributed by atoms with van der Waals surface area (Å²) in [6.45, 7) is 3.12. The minimum Gasteiger partial charge on any atom is -0.616 e. The number of halogens is 3. The molecule has 2 heterocycles. The SMILES string of the molecule is COCCNc1cc2c(NCc3cc(N)cc(C(F)F)c3F)nc(C)nc2cc1C(=O)N1CC[S+]([O-])CC1. The number of fused-ring (bicyclic) bond motifs is 1. The summed E-state index contributed by atoms with van der Waals surface area (Å²) in [5, 5.41) is 6.78. The Morgan fingerprint density at radius 1 is 1.21 bits per heavy atom. The molecule has 38 heavy (non-hydrogen) atoms. The van der Waals surface area contributed by atoms with Crippen molar-refractivity contribution >= 4 is 45.2 Å². The smallest absolute Gasteiger partial charge is 0.266 e. The van der Waals surface area contributed by atoms with Gasteiger partial charge in [0.05, 0.1) is 36.3 Å². The number of rotatable bonds is 9. The zero-order valence-electron chi connectivity index (χ0n) is 21.0. The molecule has 1 saturated heterocycles. The van der Waals surface area contributed by atoms with Crippen molar-refractivity contribution in [3.8, 4) is 0 Å². The van der Waals surface area contributed by atoms with Crippen LogP contribution in [0.15, 0.2) is 24.3 Å². The molecule has 2 aromatic carbocycles. The third kappa shape index (κ3) is 6.22. The average Bonchev–Trinajstić information content (AvgIpc) is 2.88. The van der Waals surface area contributed by atoms with Gasteiger partial charge in [-0.25, -0.2) is 23.1 Å². The molecule has 1 aliphatic rings. The Morgan fingerprint density at radius 2 is 1.95 bits per heavy atom. The number of nitrogens with zero attached hydrogens (tertiary/aromatic N) is 3. The van der Waals surface area contributed by atoms with Gasteiger partial charge in [-0.05, 0) is 31.2 Å². The molecule has 0 atom stereocenters. The second kappa shape index (κ2) is 12.0. The first kappa shape index (κ1) is 27.7. The van der Waals surface area contributed by atoms with E-state index in [-0.39, 0.29) is 23.7 Å². The molecule has 1 aliphatic heterocycles. The van der Waals surface area contributed by atoms with Crippen molar-refractivity contribution in [1.29, 1.82) is 0 Å². The van der Waals surface area contributed by atoms with Crippen molar-refractivity contribution in [2.24, 2.45) is 0 Å². The molecule has 1 amide bonds. The first-order valence-electron chi connectivity index (χ1n) is 12.0. The maximum Gasteiger partial charge on any atom is 0.266 e. The van der Waals surface area contributed by atoms with Gasteiger partial charge in [-0.15, -0.1) is 0 Å². The highest BCUT2D eigenvalue weighted by Gasteiger charge is 2.27. The summed E-state index contributed by atoms with van der Waals surface area (Å²) in [7, 11) is 1.57. The summed E-state index contributed by atoms with van der Waals surface area (Å²) in [4.78, 5) is 24.0. The Kier molecular flexibility index (Phi) is 8.80. The van der Waals surface area contributed by atoms with Crippen LogP contribution in [0.2, 0.25) is 0 Å². The maximum absolute atomic E-state index is 14.7. The number of nitrogens with one attached hydrogen (secondary N) is 2. The third-order valence-electron chi connectivity index (χ3n) is 6.14.